The molecule has 64 valence electrons. The quantitative estimate of drug-likeness (QED) is 0.545. The second-order valence-electron chi connectivity index (χ2n) is 3.97. The number of nitrogens with zero attached hydrogens (tertiary/aromatic N) is 1. The molecule has 2 heteroatoms. The highest BCUT2D eigenvalue weighted by molar-refractivity contribution is 7.99. The Hall–Kier alpha value is 0.310. The van der Waals surface area contributed by atoms with Crippen LogP contribution in [0.4, 0.5) is 0 Å². The lowest BCUT2D eigenvalue weighted by molar-refractivity contribution is 0.286. The van der Waals surface area contributed by atoms with Crippen molar-refractivity contribution in [2.24, 2.45) is 11.8 Å². The Kier molecular flexibility index (Phi) is 2.15. The fraction of sp³-hybridized carbons (Fsp3) is 1.00. The Labute approximate surface area is 73.5 Å². The van der Waals surface area contributed by atoms with Gasteiger partial charge in [-0.05, 0) is 43.7 Å². The molecule has 1 nitrogen and oxygen atoms in total. The molecule has 0 spiro atoms. The van der Waals surface area contributed by atoms with E-state index in [1.54, 1.807) is 0 Å². The first-order chi connectivity index (χ1) is 5.29. The molecular weight excluding hydrogens is 154 g/mol. The van der Waals surface area contributed by atoms with Gasteiger partial charge in [0.25, 0.3) is 0 Å². The van der Waals surface area contributed by atoms with E-state index < -0.39 is 0 Å². The largest absolute Gasteiger partial charge is 0.303 e. The molecule has 0 aliphatic carbocycles. The molecule has 2 aliphatic rings. The van der Waals surface area contributed by atoms with Gasteiger partial charge in [0.05, 0.1) is 0 Å². The zero-order valence-corrected chi connectivity index (χ0v) is 8.23. The molecule has 0 radical (unpaired) electrons. The number of thioether (sulfide) groups is 1. The summed E-state index contributed by atoms with van der Waals surface area (Å²) >= 11 is 2.15. The fourth-order valence-electron chi connectivity index (χ4n) is 2.50. The van der Waals surface area contributed by atoms with Crippen LogP contribution in [0, 0.1) is 11.8 Å². The minimum absolute atomic E-state index is 0.848. The molecule has 11 heavy (non-hydrogen) atoms. The van der Waals surface area contributed by atoms with Gasteiger partial charge < -0.3 is 4.90 Å². The van der Waals surface area contributed by atoms with Crippen molar-refractivity contribution in [3.8, 4) is 0 Å². The smallest absolute Gasteiger partial charge is 0.00959 e. The Balaban J connectivity index is 2.05. The summed E-state index contributed by atoms with van der Waals surface area (Å²) < 4.78 is 0. The molecule has 2 saturated heterocycles. The molecule has 2 fully saturated rings. The summed E-state index contributed by atoms with van der Waals surface area (Å²) in [5.74, 6) is 4.84. The van der Waals surface area contributed by atoms with Crippen molar-refractivity contribution in [1.82, 2.24) is 4.90 Å². The molecule has 3 atom stereocenters. The van der Waals surface area contributed by atoms with Crippen molar-refractivity contribution in [1.29, 1.82) is 0 Å². The van der Waals surface area contributed by atoms with Gasteiger partial charge in [0, 0.05) is 12.6 Å². The van der Waals surface area contributed by atoms with Gasteiger partial charge in [-0.2, -0.15) is 11.8 Å². The summed E-state index contributed by atoms with van der Waals surface area (Å²) in [6, 6.07) is 0.848. The highest BCUT2D eigenvalue weighted by Gasteiger charge is 2.38. The number of rotatable bonds is 0. The third-order valence-electron chi connectivity index (χ3n) is 3.37. The molecule has 0 N–H and O–H groups in total. The number of likely N-dealkylation sites (tertiary alicyclic amines) is 1. The lowest BCUT2D eigenvalue weighted by Gasteiger charge is -2.26. The Bertz CT molecular complexity index is 148. The van der Waals surface area contributed by atoms with Crippen molar-refractivity contribution >= 4 is 11.8 Å². The lowest BCUT2D eigenvalue weighted by atomic mass is 9.90. The zero-order chi connectivity index (χ0) is 7.84. The predicted octanol–water partition coefficient (Wildman–Crippen LogP) is 1.69. The average Bonchev–Trinajstić information content (AvgIpc) is 2.30. The SMILES string of the molecule is CC1C2CCSCC2CN1C. The van der Waals surface area contributed by atoms with Gasteiger partial charge in [-0.15, -0.1) is 0 Å². The second-order valence-corrected chi connectivity index (χ2v) is 5.12. The molecule has 2 aliphatic heterocycles. The molecule has 0 bridgehead atoms. The highest BCUT2D eigenvalue weighted by Crippen LogP contribution is 2.37. The van der Waals surface area contributed by atoms with E-state index in [2.05, 4.69) is 30.6 Å². The number of fused-ring (bicyclic) bond motifs is 1. The first kappa shape index (κ1) is 7.93. The second kappa shape index (κ2) is 2.98. The summed E-state index contributed by atoms with van der Waals surface area (Å²) in [6.07, 6.45) is 1.46. The minimum atomic E-state index is 0.848. The van der Waals surface area contributed by atoms with Gasteiger partial charge in [-0.1, -0.05) is 0 Å². The van der Waals surface area contributed by atoms with Crippen LogP contribution in [-0.2, 0) is 0 Å². The van der Waals surface area contributed by atoms with Crippen LogP contribution < -0.4 is 0 Å². The van der Waals surface area contributed by atoms with Crippen molar-refractivity contribution in [2.75, 3.05) is 25.1 Å². The zero-order valence-electron chi connectivity index (χ0n) is 7.42. The maximum absolute atomic E-state index is 2.53. The Morgan fingerprint density at radius 2 is 2.27 bits per heavy atom. The predicted molar refractivity (Wildman–Crippen MR) is 51.0 cm³/mol. The molecule has 0 aromatic rings. The summed E-state index contributed by atoms with van der Waals surface area (Å²) in [5, 5.41) is 0. The van der Waals surface area contributed by atoms with Gasteiger partial charge in [0.1, 0.15) is 0 Å². The van der Waals surface area contributed by atoms with Crippen molar-refractivity contribution in [3.05, 3.63) is 0 Å². The van der Waals surface area contributed by atoms with Gasteiger partial charge in [-0.25, -0.2) is 0 Å². The first-order valence-electron chi connectivity index (χ1n) is 4.57. The van der Waals surface area contributed by atoms with E-state index in [-0.39, 0.29) is 0 Å². The molecule has 0 aromatic heterocycles. The third-order valence-corrected chi connectivity index (χ3v) is 4.56. The normalized spacial score (nSPS) is 45.8. The number of hydrogen-bond acceptors (Lipinski definition) is 2. The van der Waals surface area contributed by atoms with E-state index in [9.17, 15) is 0 Å². The van der Waals surface area contributed by atoms with Crippen molar-refractivity contribution < 1.29 is 0 Å². The van der Waals surface area contributed by atoms with Gasteiger partial charge in [0.15, 0.2) is 0 Å². The standard InChI is InChI=1S/C9H17NS/c1-7-9-3-4-11-6-8(9)5-10(7)2/h7-9H,3-6H2,1-2H3. The Morgan fingerprint density at radius 1 is 1.45 bits per heavy atom. The number of hydrogen-bond donors (Lipinski definition) is 0. The summed E-state index contributed by atoms with van der Waals surface area (Å²) in [4.78, 5) is 2.53. The monoisotopic (exact) mass is 171 g/mol. The molecule has 3 unspecified atom stereocenters. The Morgan fingerprint density at radius 3 is 3.00 bits per heavy atom. The van der Waals surface area contributed by atoms with Crippen LogP contribution in [0.3, 0.4) is 0 Å². The van der Waals surface area contributed by atoms with Crippen LogP contribution in [0.2, 0.25) is 0 Å². The van der Waals surface area contributed by atoms with E-state index >= 15 is 0 Å². The minimum Gasteiger partial charge on any atom is -0.303 e. The van der Waals surface area contributed by atoms with Crippen LogP contribution in [0.25, 0.3) is 0 Å². The fourth-order valence-corrected chi connectivity index (χ4v) is 3.76. The van der Waals surface area contributed by atoms with Crippen LogP contribution >= 0.6 is 11.8 Å². The summed E-state index contributed by atoms with van der Waals surface area (Å²) in [7, 11) is 2.27. The molecule has 0 saturated carbocycles. The lowest BCUT2D eigenvalue weighted by Crippen LogP contribution is -2.27. The molecule has 0 amide bonds. The van der Waals surface area contributed by atoms with E-state index in [0.717, 1.165) is 17.9 Å². The maximum Gasteiger partial charge on any atom is 0.00959 e. The molecule has 0 aromatic carbocycles. The average molecular weight is 171 g/mol. The van der Waals surface area contributed by atoms with E-state index in [1.807, 2.05) is 0 Å². The molecule has 2 heterocycles. The third kappa shape index (κ3) is 1.31. The van der Waals surface area contributed by atoms with Gasteiger partial charge in [-0.3, -0.25) is 0 Å². The summed E-state index contributed by atoms with van der Waals surface area (Å²) in [5.41, 5.74) is 0. The topological polar surface area (TPSA) is 3.24 Å². The van der Waals surface area contributed by atoms with Crippen LogP contribution in [0.1, 0.15) is 13.3 Å². The highest BCUT2D eigenvalue weighted by atomic mass is 32.2. The van der Waals surface area contributed by atoms with Crippen LogP contribution in [0.15, 0.2) is 0 Å². The van der Waals surface area contributed by atoms with Crippen LogP contribution in [-0.4, -0.2) is 36.0 Å². The van der Waals surface area contributed by atoms with E-state index in [0.29, 0.717) is 0 Å². The maximum atomic E-state index is 2.53. The van der Waals surface area contributed by atoms with E-state index in [1.165, 1.54) is 24.5 Å². The summed E-state index contributed by atoms with van der Waals surface area (Å²) in [6.45, 7) is 3.74. The molecule has 2 rings (SSSR count). The van der Waals surface area contributed by atoms with Crippen molar-refractivity contribution in [3.63, 3.8) is 0 Å². The molecular formula is C9H17NS. The van der Waals surface area contributed by atoms with Gasteiger partial charge >= 0.3 is 0 Å². The van der Waals surface area contributed by atoms with E-state index in [4.69, 9.17) is 0 Å². The van der Waals surface area contributed by atoms with Gasteiger partial charge in [0.2, 0.25) is 0 Å². The van der Waals surface area contributed by atoms with Crippen molar-refractivity contribution in [2.45, 2.75) is 19.4 Å². The first-order valence-corrected chi connectivity index (χ1v) is 5.72. The van der Waals surface area contributed by atoms with Crippen LogP contribution in [0.5, 0.6) is 0 Å².